The lowest BCUT2D eigenvalue weighted by molar-refractivity contribution is -0.118. The van der Waals surface area contributed by atoms with Crippen LogP contribution < -0.4 is 10.5 Å². The zero-order valence-corrected chi connectivity index (χ0v) is 16.9. The van der Waals surface area contributed by atoms with Gasteiger partial charge in [-0.25, -0.2) is 22.9 Å². The fraction of sp³-hybridized carbons (Fsp3) is 0.222. The molecular weight excluding hydrogens is 403 g/mol. The highest BCUT2D eigenvalue weighted by atomic mass is 32.2. The van der Waals surface area contributed by atoms with Gasteiger partial charge in [0.2, 0.25) is 15.9 Å². The van der Waals surface area contributed by atoms with Crippen LogP contribution in [0.25, 0.3) is 11.0 Å². The molecule has 3 rings (SSSR count). The Kier molecular flexibility index (Phi) is 5.73. The molecule has 0 spiro atoms. The highest BCUT2D eigenvalue weighted by Crippen LogP contribution is 2.24. The first-order chi connectivity index (χ1) is 13.1. The number of carbonyl (C=O) groups excluding carboxylic acids is 1. The molecule has 0 unspecified atom stereocenters. The molecule has 1 aromatic heterocycles. The summed E-state index contributed by atoms with van der Waals surface area (Å²) in [6.07, 6.45) is 0. The number of nitrogens with two attached hydrogens (primary N) is 1. The number of aromatic nitrogens is 2. The molecule has 0 saturated carbocycles. The number of imidazole rings is 1. The maximum Gasteiger partial charge on any atom is 0.238 e. The third-order valence-electron chi connectivity index (χ3n) is 4.18. The van der Waals surface area contributed by atoms with Crippen LogP contribution in [0.15, 0.2) is 46.5 Å². The van der Waals surface area contributed by atoms with Gasteiger partial charge in [-0.15, -0.1) is 0 Å². The SMILES string of the molecule is Cc1cc(CNC(=O)CSc2nc3cc(S(N)(=O)=O)ccc3n2C)ccc1F. The molecule has 28 heavy (non-hydrogen) atoms. The van der Waals surface area contributed by atoms with Crippen molar-refractivity contribution in [2.75, 3.05) is 5.75 Å². The number of fused-ring (bicyclic) bond motifs is 1. The minimum atomic E-state index is -3.81. The zero-order chi connectivity index (χ0) is 20.5. The summed E-state index contributed by atoms with van der Waals surface area (Å²) in [6.45, 7) is 1.98. The number of aryl methyl sites for hydroxylation is 2. The molecule has 0 aliphatic carbocycles. The van der Waals surface area contributed by atoms with E-state index in [4.69, 9.17) is 5.14 Å². The van der Waals surface area contributed by atoms with Crippen molar-refractivity contribution in [1.29, 1.82) is 0 Å². The van der Waals surface area contributed by atoms with Crippen molar-refractivity contribution in [3.63, 3.8) is 0 Å². The van der Waals surface area contributed by atoms with Gasteiger partial charge in [-0.2, -0.15) is 0 Å². The number of hydrogen-bond donors (Lipinski definition) is 2. The summed E-state index contributed by atoms with van der Waals surface area (Å²) < 4.78 is 38.0. The molecule has 0 atom stereocenters. The molecule has 3 N–H and O–H groups in total. The Morgan fingerprint density at radius 3 is 2.71 bits per heavy atom. The van der Waals surface area contributed by atoms with Crippen molar-refractivity contribution in [3.05, 3.63) is 53.3 Å². The highest BCUT2D eigenvalue weighted by Gasteiger charge is 2.14. The quantitative estimate of drug-likeness (QED) is 0.592. The standard InChI is InChI=1S/C18H19FN4O3S2/c1-11-7-12(3-5-14(11)19)9-21-17(24)10-27-18-22-15-8-13(28(20,25)26)4-6-16(15)23(18)2/h3-8H,9-10H2,1-2H3,(H,21,24)(H2,20,25,26). The number of nitrogens with one attached hydrogen (secondary N) is 1. The summed E-state index contributed by atoms with van der Waals surface area (Å²) in [4.78, 5) is 16.5. The van der Waals surface area contributed by atoms with Crippen LogP contribution >= 0.6 is 11.8 Å². The Balaban J connectivity index is 1.65. The van der Waals surface area contributed by atoms with Gasteiger partial charge in [-0.1, -0.05) is 23.9 Å². The van der Waals surface area contributed by atoms with Crippen LogP contribution in [0.1, 0.15) is 11.1 Å². The first-order valence-electron chi connectivity index (χ1n) is 8.29. The van der Waals surface area contributed by atoms with Gasteiger partial charge in [-0.05, 0) is 42.3 Å². The second-order valence-electron chi connectivity index (χ2n) is 6.30. The number of amides is 1. The van der Waals surface area contributed by atoms with Gasteiger partial charge in [0.15, 0.2) is 5.16 Å². The third-order valence-corrected chi connectivity index (χ3v) is 6.13. The van der Waals surface area contributed by atoms with Crippen LogP contribution in [0.5, 0.6) is 0 Å². The van der Waals surface area contributed by atoms with Gasteiger partial charge in [0, 0.05) is 13.6 Å². The van der Waals surface area contributed by atoms with E-state index in [1.165, 1.54) is 30.0 Å². The molecule has 0 radical (unpaired) electrons. The van der Waals surface area contributed by atoms with Crippen molar-refractivity contribution in [1.82, 2.24) is 14.9 Å². The molecule has 0 aliphatic rings. The van der Waals surface area contributed by atoms with Gasteiger partial charge >= 0.3 is 0 Å². The number of rotatable bonds is 6. The molecule has 1 heterocycles. The van der Waals surface area contributed by atoms with E-state index in [9.17, 15) is 17.6 Å². The number of carbonyl (C=O) groups is 1. The van der Waals surface area contributed by atoms with E-state index in [0.717, 1.165) is 11.1 Å². The molecular formula is C18H19FN4O3S2. The summed E-state index contributed by atoms with van der Waals surface area (Å²) >= 11 is 1.23. The summed E-state index contributed by atoms with van der Waals surface area (Å²) in [5.74, 6) is -0.332. The Hall–Kier alpha value is -2.43. The van der Waals surface area contributed by atoms with Crippen molar-refractivity contribution >= 4 is 38.7 Å². The van der Waals surface area contributed by atoms with Gasteiger partial charge in [0.25, 0.3) is 0 Å². The van der Waals surface area contributed by atoms with Gasteiger partial charge in [0.05, 0.1) is 21.7 Å². The molecule has 0 aliphatic heterocycles. The first-order valence-corrected chi connectivity index (χ1v) is 10.8. The average molecular weight is 423 g/mol. The van der Waals surface area contributed by atoms with E-state index in [0.29, 0.717) is 22.8 Å². The minimum Gasteiger partial charge on any atom is -0.351 e. The zero-order valence-electron chi connectivity index (χ0n) is 15.3. The number of sulfonamides is 1. The van der Waals surface area contributed by atoms with Crippen molar-refractivity contribution in [2.24, 2.45) is 12.2 Å². The molecule has 7 nitrogen and oxygen atoms in total. The maximum absolute atomic E-state index is 13.3. The van der Waals surface area contributed by atoms with Crippen LogP contribution in [0.4, 0.5) is 4.39 Å². The van der Waals surface area contributed by atoms with Crippen molar-refractivity contribution in [2.45, 2.75) is 23.5 Å². The molecule has 148 valence electrons. The molecule has 10 heteroatoms. The van der Waals surface area contributed by atoms with Crippen LogP contribution in [0, 0.1) is 12.7 Å². The number of benzene rings is 2. The van der Waals surface area contributed by atoms with E-state index in [1.807, 2.05) is 0 Å². The second kappa shape index (κ2) is 7.90. The lowest BCUT2D eigenvalue weighted by atomic mass is 10.1. The number of thioether (sulfide) groups is 1. The van der Waals surface area contributed by atoms with Crippen LogP contribution in [0.3, 0.4) is 0 Å². The molecule has 0 saturated heterocycles. The number of hydrogen-bond acceptors (Lipinski definition) is 5. The van der Waals surface area contributed by atoms with Gasteiger partial charge < -0.3 is 9.88 Å². The largest absolute Gasteiger partial charge is 0.351 e. The Morgan fingerprint density at radius 2 is 2.04 bits per heavy atom. The van der Waals surface area contributed by atoms with E-state index >= 15 is 0 Å². The fourth-order valence-corrected chi connectivity index (χ4v) is 4.01. The summed E-state index contributed by atoms with van der Waals surface area (Å²) in [5.41, 5.74) is 2.56. The van der Waals surface area contributed by atoms with Crippen LogP contribution in [-0.2, 0) is 28.4 Å². The Labute approximate surface area is 166 Å². The third kappa shape index (κ3) is 4.51. The molecule has 1 amide bonds. The first kappa shape index (κ1) is 20.3. The fourth-order valence-electron chi connectivity index (χ4n) is 2.66. The average Bonchev–Trinajstić information content (AvgIpc) is 2.95. The van der Waals surface area contributed by atoms with Crippen LogP contribution in [0.2, 0.25) is 0 Å². The van der Waals surface area contributed by atoms with E-state index in [-0.39, 0.29) is 22.4 Å². The van der Waals surface area contributed by atoms with Crippen molar-refractivity contribution < 1.29 is 17.6 Å². The summed E-state index contributed by atoms with van der Waals surface area (Å²) in [5, 5.41) is 8.51. The molecule has 3 aromatic rings. The monoisotopic (exact) mass is 422 g/mol. The van der Waals surface area contributed by atoms with Crippen molar-refractivity contribution in [3.8, 4) is 0 Å². The second-order valence-corrected chi connectivity index (χ2v) is 8.80. The van der Waals surface area contributed by atoms with Gasteiger partial charge in [-0.3, -0.25) is 4.79 Å². The van der Waals surface area contributed by atoms with E-state index in [2.05, 4.69) is 10.3 Å². The summed E-state index contributed by atoms with van der Waals surface area (Å²) in [6, 6.07) is 9.16. The number of primary sulfonamides is 1. The summed E-state index contributed by atoms with van der Waals surface area (Å²) in [7, 11) is -2.02. The predicted octanol–water partition coefficient (Wildman–Crippen LogP) is 2.08. The lowest BCUT2D eigenvalue weighted by Gasteiger charge is -2.07. The Morgan fingerprint density at radius 1 is 1.29 bits per heavy atom. The smallest absolute Gasteiger partial charge is 0.238 e. The highest BCUT2D eigenvalue weighted by molar-refractivity contribution is 7.99. The van der Waals surface area contributed by atoms with Crippen LogP contribution in [-0.4, -0.2) is 29.6 Å². The topological polar surface area (TPSA) is 107 Å². The van der Waals surface area contributed by atoms with Gasteiger partial charge in [0.1, 0.15) is 5.82 Å². The Bertz CT molecular complexity index is 1160. The molecule has 0 bridgehead atoms. The normalized spacial score (nSPS) is 11.7. The number of halogens is 1. The predicted molar refractivity (Wildman–Crippen MR) is 106 cm³/mol. The lowest BCUT2D eigenvalue weighted by Crippen LogP contribution is -2.24. The van der Waals surface area contributed by atoms with E-state index in [1.54, 1.807) is 36.7 Å². The minimum absolute atomic E-state index is 0.0121. The maximum atomic E-state index is 13.3. The molecule has 2 aromatic carbocycles. The van der Waals surface area contributed by atoms with E-state index < -0.39 is 10.0 Å². The molecule has 0 fully saturated rings. The number of nitrogens with zero attached hydrogens (tertiary/aromatic N) is 2.